The number of rotatable bonds is 4. The van der Waals surface area contributed by atoms with Gasteiger partial charge in [-0.15, -0.1) is 0 Å². The maximum atomic E-state index is 13.3. The topological polar surface area (TPSA) is 65.7 Å². The summed E-state index contributed by atoms with van der Waals surface area (Å²) in [6, 6.07) is 15.7. The molecule has 0 spiro atoms. The number of hydrogen-bond donors (Lipinski definition) is 0. The second-order valence-corrected chi connectivity index (χ2v) is 7.79. The standard InChI is InChI=1S/C23H23N3O4/c1-24-19-9-10-25(12-16-5-3-2-4-6-16)14-18(19)22(27)26(23(24)28)13-17-7-8-20-21(11-17)30-15-29-20/h2-8,11H,9-10,12-15H2,1H3. The van der Waals surface area contributed by atoms with Gasteiger partial charge < -0.3 is 14.0 Å². The van der Waals surface area contributed by atoms with Crippen molar-refractivity contribution >= 4 is 0 Å². The number of benzene rings is 2. The largest absolute Gasteiger partial charge is 0.454 e. The van der Waals surface area contributed by atoms with Crippen LogP contribution in [0.4, 0.5) is 0 Å². The number of ether oxygens (including phenoxy) is 2. The third-order valence-electron chi connectivity index (χ3n) is 5.85. The predicted octanol–water partition coefficient (Wildman–Crippen LogP) is 1.88. The molecule has 0 atom stereocenters. The fourth-order valence-electron chi connectivity index (χ4n) is 4.25. The normalized spacial score (nSPS) is 15.2. The van der Waals surface area contributed by atoms with Crippen molar-refractivity contribution < 1.29 is 9.47 Å². The van der Waals surface area contributed by atoms with Crippen LogP contribution < -0.4 is 20.7 Å². The molecule has 0 saturated carbocycles. The van der Waals surface area contributed by atoms with Crippen molar-refractivity contribution in [3.63, 3.8) is 0 Å². The summed E-state index contributed by atoms with van der Waals surface area (Å²) in [4.78, 5) is 28.5. The van der Waals surface area contributed by atoms with Crippen LogP contribution in [0.15, 0.2) is 58.1 Å². The molecule has 7 heteroatoms. The number of aromatic nitrogens is 2. The van der Waals surface area contributed by atoms with Gasteiger partial charge in [0, 0.05) is 38.8 Å². The molecule has 30 heavy (non-hydrogen) atoms. The zero-order chi connectivity index (χ0) is 20.7. The van der Waals surface area contributed by atoms with Crippen molar-refractivity contribution in [1.29, 1.82) is 0 Å². The van der Waals surface area contributed by atoms with Crippen molar-refractivity contribution in [3.05, 3.63) is 91.8 Å². The van der Waals surface area contributed by atoms with Gasteiger partial charge >= 0.3 is 5.69 Å². The Morgan fingerprint density at radius 1 is 0.933 bits per heavy atom. The van der Waals surface area contributed by atoms with E-state index >= 15 is 0 Å². The Kier molecular flexibility index (Phi) is 4.67. The van der Waals surface area contributed by atoms with Gasteiger partial charge in [0.05, 0.1) is 12.1 Å². The van der Waals surface area contributed by atoms with Crippen molar-refractivity contribution in [2.75, 3.05) is 13.3 Å². The van der Waals surface area contributed by atoms with Gasteiger partial charge in [-0.1, -0.05) is 36.4 Å². The minimum atomic E-state index is -0.284. The lowest BCUT2D eigenvalue weighted by Gasteiger charge is -2.30. The van der Waals surface area contributed by atoms with E-state index in [1.165, 1.54) is 10.1 Å². The van der Waals surface area contributed by atoms with Crippen molar-refractivity contribution in [1.82, 2.24) is 14.0 Å². The van der Waals surface area contributed by atoms with E-state index in [0.717, 1.165) is 24.3 Å². The molecule has 0 aliphatic carbocycles. The molecule has 0 bridgehead atoms. The van der Waals surface area contributed by atoms with Crippen molar-refractivity contribution in [2.24, 2.45) is 7.05 Å². The Morgan fingerprint density at radius 2 is 1.73 bits per heavy atom. The monoisotopic (exact) mass is 405 g/mol. The smallest absolute Gasteiger partial charge is 0.331 e. The van der Waals surface area contributed by atoms with Gasteiger partial charge in [-0.25, -0.2) is 4.79 Å². The summed E-state index contributed by atoms with van der Waals surface area (Å²) in [6.45, 7) is 2.54. The molecule has 0 amide bonds. The molecule has 2 aliphatic rings. The molecule has 0 fully saturated rings. The highest BCUT2D eigenvalue weighted by Crippen LogP contribution is 2.32. The van der Waals surface area contributed by atoms with Gasteiger partial charge in [-0.3, -0.25) is 14.3 Å². The van der Waals surface area contributed by atoms with E-state index in [1.54, 1.807) is 11.6 Å². The van der Waals surface area contributed by atoms with E-state index < -0.39 is 0 Å². The summed E-state index contributed by atoms with van der Waals surface area (Å²) in [5.74, 6) is 1.32. The molecule has 3 heterocycles. The van der Waals surface area contributed by atoms with E-state index in [9.17, 15) is 9.59 Å². The fraction of sp³-hybridized carbons (Fsp3) is 0.304. The molecule has 154 valence electrons. The number of nitrogens with zero attached hydrogens (tertiary/aromatic N) is 3. The third kappa shape index (κ3) is 3.31. The Bertz CT molecular complexity index is 1210. The van der Waals surface area contributed by atoms with E-state index in [4.69, 9.17) is 9.47 Å². The average molecular weight is 405 g/mol. The highest BCUT2D eigenvalue weighted by Gasteiger charge is 2.24. The van der Waals surface area contributed by atoms with E-state index in [1.807, 2.05) is 36.4 Å². The molecule has 7 nitrogen and oxygen atoms in total. The van der Waals surface area contributed by atoms with Gasteiger partial charge in [0.25, 0.3) is 5.56 Å². The summed E-state index contributed by atoms with van der Waals surface area (Å²) in [5.41, 5.74) is 3.11. The fourth-order valence-corrected chi connectivity index (χ4v) is 4.25. The zero-order valence-corrected chi connectivity index (χ0v) is 16.8. The first-order chi connectivity index (χ1) is 14.6. The predicted molar refractivity (Wildman–Crippen MR) is 112 cm³/mol. The Hall–Kier alpha value is -3.32. The summed E-state index contributed by atoms with van der Waals surface area (Å²) in [7, 11) is 1.75. The second kappa shape index (κ2) is 7.50. The molecular weight excluding hydrogens is 382 g/mol. The van der Waals surface area contributed by atoms with Crippen molar-refractivity contribution in [2.45, 2.75) is 26.1 Å². The first kappa shape index (κ1) is 18.7. The Morgan fingerprint density at radius 3 is 2.57 bits per heavy atom. The highest BCUT2D eigenvalue weighted by atomic mass is 16.7. The number of fused-ring (bicyclic) bond motifs is 2. The lowest BCUT2D eigenvalue weighted by atomic mass is 10.1. The third-order valence-corrected chi connectivity index (χ3v) is 5.85. The highest BCUT2D eigenvalue weighted by molar-refractivity contribution is 5.44. The zero-order valence-electron chi connectivity index (χ0n) is 16.8. The molecule has 2 aliphatic heterocycles. The minimum Gasteiger partial charge on any atom is -0.454 e. The molecule has 0 radical (unpaired) electrons. The first-order valence-electron chi connectivity index (χ1n) is 10.1. The van der Waals surface area contributed by atoms with Crippen LogP contribution in [0.25, 0.3) is 0 Å². The van der Waals surface area contributed by atoms with E-state index in [0.29, 0.717) is 30.0 Å². The maximum Gasteiger partial charge on any atom is 0.331 e. The van der Waals surface area contributed by atoms with Gasteiger partial charge in [-0.2, -0.15) is 0 Å². The summed E-state index contributed by atoms with van der Waals surface area (Å²) in [6.07, 6.45) is 0.689. The summed E-state index contributed by atoms with van der Waals surface area (Å²) < 4.78 is 13.7. The molecular formula is C23H23N3O4. The van der Waals surface area contributed by atoms with E-state index in [-0.39, 0.29) is 24.6 Å². The van der Waals surface area contributed by atoms with Gasteiger partial charge in [0.2, 0.25) is 6.79 Å². The Balaban J connectivity index is 1.47. The quantitative estimate of drug-likeness (QED) is 0.663. The molecule has 5 rings (SSSR count). The second-order valence-electron chi connectivity index (χ2n) is 7.79. The molecule has 0 N–H and O–H groups in total. The van der Waals surface area contributed by atoms with Crippen molar-refractivity contribution in [3.8, 4) is 11.5 Å². The summed E-state index contributed by atoms with van der Waals surface area (Å²) >= 11 is 0. The van der Waals surface area contributed by atoms with Crippen LogP contribution in [0, 0.1) is 0 Å². The van der Waals surface area contributed by atoms with Crippen LogP contribution >= 0.6 is 0 Å². The van der Waals surface area contributed by atoms with Crippen LogP contribution in [0.1, 0.15) is 22.4 Å². The maximum absolute atomic E-state index is 13.3. The van der Waals surface area contributed by atoms with Crippen LogP contribution in [0.2, 0.25) is 0 Å². The molecule has 0 saturated heterocycles. The van der Waals surface area contributed by atoms with Crippen LogP contribution in [0.5, 0.6) is 11.5 Å². The van der Waals surface area contributed by atoms with Gasteiger partial charge in [-0.05, 0) is 23.3 Å². The first-order valence-corrected chi connectivity index (χ1v) is 10.1. The van der Waals surface area contributed by atoms with Crippen LogP contribution in [-0.4, -0.2) is 27.4 Å². The molecule has 1 aromatic heterocycles. The van der Waals surface area contributed by atoms with Crippen LogP contribution in [0.3, 0.4) is 0 Å². The molecule has 3 aromatic rings. The molecule has 2 aromatic carbocycles. The van der Waals surface area contributed by atoms with Gasteiger partial charge in [0.1, 0.15) is 0 Å². The summed E-state index contributed by atoms with van der Waals surface area (Å²) in [5, 5.41) is 0. The average Bonchev–Trinajstić information content (AvgIpc) is 3.24. The van der Waals surface area contributed by atoms with Gasteiger partial charge in [0.15, 0.2) is 11.5 Å². The lowest BCUT2D eigenvalue weighted by Crippen LogP contribution is -2.47. The lowest BCUT2D eigenvalue weighted by molar-refractivity contribution is 0.174. The Labute approximate surface area is 173 Å². The number of hydrogen-bond acceptors (Lipinski definition) is 5. The van der Waals surface area contributed by atoms with E-state index in [2.05, 4.69) is 17.0 Å². The SMILES string of the molecule is Cn1c2c(c(=O)n(Cc3ccc4c(c3)OCO4)c1=O)CN(Cc1ccccc1)CC2. The molecule has 0 unspecified atom stereocenters. The van der Waals surface area contributed by atoms with Crippen LogP contribution in [-0.2, 0) is 33.1 Å². The minimum absolute atomic E-state index is 0.191.